The third-order valence-electron chi connectivity index (χ3n) is 2.01. The topological polar surface area (TPSA) is 93.1 Å². The third kappa shape index (κ3) is 1.77. The van der Waals surface area contributed by atoms with Crippen LogP contribution < -0.4 is 9.47 Å². The summed E-state index contributed by atoms with van der Waals surface area (Å²) in [4.78, 5) is 21.6. The highest BCUT2D eigenvalue weighted by Crippen LogP contribution is 2.40. The van der Waals surface area contributed by atoms with Gasteiger partial charge in [-0.1, -0.05) is 0 Å². The van der Waals surface area contributed by atoms with Gasteiger partial charge in [-0.05, 0) is 6.07 Å². The Balaban J connectivity index is 3.63. The highest BCUT2D eigenvalue weighted by Gasteiger charge is 2.22. The van der Waals surface area contributed by atoms with Crippen LogP contribution in [-0.4, -0.2) is 36.7 Å². The molecule has 0 bridgehead atoms. The number of benzene rings is 1. The monoisotopic (exact) mass is 226 g/mol. The number of phenolic OH excluding ortho intramolecular Hbond substituents is 1. The van der Waals surface area contributed by atoms with E-state index in [9.17, 15) is 14.7 Å². The van der Waals surface area contributed by atoms with Crippen LogP contribution in [0.3, 0.4) is 0 Å². The van der Waals surface area contributed by atoms with Crippen LogP contribution in [0.15, 0.2) is 6.07 Å². The average Bonchev–Trinajstić information content (AvgIpc) is 2.27. The SMILES string of the molecule is COc1c(O)cc(C(=O)O)c(C=O)c1OC. The minimum absolute atomic E-state index is 0.0744. The Labute approximate surface area is 91.0 Å². The summed E-state index contributed by atoms with van der Waals surface area (Å²) in [5.74, 6) is -1.91. The number of rotatable bonds is 4. The molecule has 0 aromatic heterocycles. The third-order valence-corrected chi connectivity index (χ3v) is 2.01. The van der Waals surface area contributed by atoms with Crippen LogP contribution in [0.1, 0.15) is 20.7 Å². The number of hydrogen-bond donors (Lipinski definition) is 2. The maximum Gasteiger partial charge on any atom is 0.336 e. The van der Waals surface area contributed by atoms with Crippen LogP contribution in [-0.2, 0) is 0 Å². The first kappa shape index (κ1) is 11.8. The summed E-state index contributed by atoms with van der Waals surface area (Å²) >= 11 is 0. The Kier molecular flexibility index (Phi) is 3.34. The Morgan fingerprint density at radius 1 is 1.31 bits per heavy atom. The lowest BCUT2D eigenvalue weighted by molar-refractivity contribution is 0.0692. The molecule has 0 heterocycles. The number of carbonyl (C=O) groups is 2. The molecule has 0 unspecified atom stereocenters. The first-order chi connectivity index (χ1) is 7.56. The number of methoxy groups -OCH3 is 2. The summed E-state index contributed by atoms with van der Waals surface area (Å²) in [6.07, 6.45) is 0.338. The van der Waals surface area contributed by atoms with Crippen LogP contribution in [0.4, 0.5) is 0 Å². The van der Waals surface area contributed by atoms with Crippen molar-refractivity contribution in [1.82, 2.24) is 0 Å². The van der Waals surface area contributed by atoms with Crippen molar-refractivity contribution < 1.29 is 29.3 Å². The smallest absolute Gasteiger partial charge is 0.336 e. The number of carboxylic acid groups (broad SMARTS) is 1. The van der Waals surface area contributed by atoms with Crippen LogP contribution in [0.25, 0.3) is 0 Å². The average molecular weight is 226 g/mol. The van der Waals surface area contributed by atoms with Crippen molar-refractivity contribution in [2.75, 3.05) is 14.2 Å². The summed E-state index contributed by atoms with van der Waals surface area (Å²) in [6.45, 7) is 0. The van der Waals surface area contributed by atoms with Gasteiger partial charge in [-0.15, -0.1) is 0 Å². The second-order valence-corrected chi connectivity index (χ2v) is 2.85. The van der Waals surface area contributed by atoms with Gasteiger partial charge in [-0.25, -0.2) is 4.79 Å². The number of hydrogen-bond acceptors (Lipinski definition) is 5. The molecule has 86 valence electrons. The molecule has 0 aliphatic rings. The van der Waals surface area contributed by atoms with Gasteiger partial charge in [-0.2, -0.15) is 0 Å². The number of phenols is 1. The quantitative estimate of drug-likeness (QED) is 0.741. The van der Waals surface area contributed by atoms with Crippen molar-refractivity contribution in [2.45, 2.75) is 0 Å². The molecular weight excluding hydrogens is 216 g/mol. The predicted octanol–water partition coefficient (Wildman–Crippen LogP) is 0.920. The molecule has 0 radical (unpaired) electrons. The Hall–Kier alpha value is -2.24. The Bertz CT molecular complexity index is 437. The van der Waals surface area contributed by atoms with Crippen molar-refractivity contribution in [3.05, 3.63) is 17.2 Å². The maximum absolute atomic E-state index is 10.8. The summed E-state index contributed by atoms with van der Waals surface area (Å²) < 4.78 is 9.67. The number of aldehydes is 1. The van der Waals surface area contributed by atoms with E-state index in [0.717, 1.165) is 6.07 Å². The van der Waals surface area contributed by atoms with Gasteiger partial charge >= 0.3 is 5.97 Å². The fourth-order valence-electron chi connectivity index (χ4n) is 1.33. The molecule has 6 nitrogen and oxygen atoms in total. The van der Waals surface area contributed by atoms with Gasteiger partial charge in [0.05, 0.1) is 25.3 Å². The first-order valence-corrected chi connectivity index (χ1v) is 4.23. The van der Waals surface area contributed by atoms with Crippen LogP contribution in [0, 0.1) is 0 Å². The van der Waals surface area contributed by atoms with E-state index in [1.165, 1.54) is 14.2 Å². The van der Waals surface area contributed by atoms with Crippen molar-refractivity contribution >= 4 is 12.3 Å². The van der Waals surface area contributed by atoms with Gasteiger partial charge in [-0.3, -0.25) is 4.79 Å². The lowest BCUT2D eigenvalue weighted by Crippen LogP contribution is -2.05. The molecule has 1 aromatic rings. The predicted molar refractivity (Wildman–Crippen MR) is 53.6 cm³/mol. The lowest BCUT2D eigenvalue weighted by atomic mass is 10.1. The first-order valence-electron chi connectivity index (χ1n) is 4.23. The summed E-state index contributed by atoms with van der Waals surface area (Å²) in [5.41, 5.74) is -0.519. The zero-order valence-electron chi connectivity index (χ0n) is 8.68. The zero-order chi connectivity index (χ0) is 12.3. The van der Waals surface area contributed by atoms with E-state index in [-0.39, 0.29) is 22.6 Å². The zero-order valence-corrected chi connectivity index (χ0v) is 8.68. The fourth-order valence-corrected chi connectivity index (χ4v) is 1.33. The maximum atomic E-state index is 10.8. The lowest BCUT2D eigenvalue weighted by Gasteiger charge is -2.12. The number of ether oxygens (including phenoxy) is 2. The van der Waals surface area contributed by atoms with Gasteiger partial charge in [0.2, 0.25) is 5.75 Å². The second-order valence-electron chi connectivity index (χ2n) is 2.85. The highest BCUT2D eigenvalue weighted by atomic mass is 16.5. The molecule has 2 N–H and O–H groups in total. The van der Waals surface area contributed by atoms with E-state index in [4.69, 9.17) is 14.6 Å². The van der Waals surface area contributed by atoms with Gasteiger partial charge in [0, 0.05) is 0 Å². The molecule has 16 heavy (non-hydrogen) atoms. The Morgan fingerprint density at radius 3 is 2.25 bits per heavy atom. The molecule has 0 aliphatic heterocycles. The van der Waals surface area contributed by atoms with Gasteiger partial charge in [0.1, 0.15) is 0 Å². The number of carbonyl (C=O) groups excluding carboxylic acids is 1. The molecule has 0 saturated heterocycles. The molecule has 1 aromatic carbocycles. The van der Waals surface area contributed by atoms with E-state index < -0.39 is 11.7 Å². The van der Waals surface area contributed by atoms with E-state index >= 15 is 0 Å². The largest absolute Gasteiger partial charge is 0.504 e. The summed E-state index contributed by atoms with van der Waals surface area (Å²) in [5, 5.41) is 18.3. The van der Waals surface area contributed by atoms with E-state index in [1.807, 2.05) is 0 Å². The van der Waals surface area contributed by atoms with Crippen molar-refractivity contribution in [3.8, 4) is 17.2 Å². The Morgan fingerprint density at radius 2 is 1.88 bits per heavy atom. The van der Waals surface area contributed by atoms with E-state index in [0.29, 0.717) is 6.29 Å². The summed E-state index contributed by atoms with van der Waals surface area (Å²) in [7, 11) is 2.52. The molecular formula is C10H10O6. The molecule has 0 amide bonds. The van der Waals surface area contributed by atoms with Crippen molar-refractivity contribution in [3.63, 3.8) is 0 Å². The molecule has 0 spiro atoms. The van der Waals surface area contributed by atoms with Crippen molar-refractivity contribution in [1.29, 1.82) is 0 Å². The highest BCUT2D eigenvalue weighted by molar-refractivity contribution is 6.00. The van der Waals surface area contributed by atoms with Crippen LogP contribution >= 0.6 is 0 Å². The minimum Gasteiger partial charge on any atom is -0.504 e. The van der Waals surface area contributed by atoms with Crippen LogP contribution in [0.5, 0.6) is 17.2 Å². The standard InChI is InChI=1S/C10H10O6/c1-15-8-6(4-11)5(10(13)14)3-7(12)9(8)16-2/h3-4,12H,1-2H3,(H,13,14). The normalized spacial score (nSPS) is 9.62. The molecule has 0 atom stereocenters. The minimum atomic E-state index is -1.33. The van der Waals surface area contributed by atoms with Crippen LogP contribution in [0.2, 0.25) is 0 Å². The van der Waals surface area contributed by atoms with E-state index in [1.54, 1.807) is 0 Å². The molecule has 0 fully saturated rings. The number of aromatic hydroxyl groups is 1. The summed E-state index contributed by atoms with van der Waals surface area (Å²) in [6, 6.07) is 0.938. The molecule has 0 aliphatic carbocycles. The van der Waals surface area contributed by atoms with Gasteiger partial charge in [0.15, 0.2) is 17.8 Å². The van der Waals surface area contributed by atoms with E-state index in [2.05, 4.69) is 0 Å². The number of carboxylic acids is 1. The number of aromatic carboxylic acids is 1. The fraction of sp³-hybridized carbons (Fsp3) is 0.200. The molecule has 0 saturated carbocycles. The van der Waals surface area contributed by atoms with Crippen molar-refractivity contribution in [2.24, 2.45) is 0 Å². The molecule has 6 heteroatoms. The van der Waals surface area contributed by atoms with Gasteiger partial charge in [0.25, 0.3) is 0 Å². The molecule has 1 rings (SSSR count). The second kappa shape index (κ2) is 4.52. The van der Waals surface area contributed by atoms with Gasteiger partial charge < -0.3 is 19.7 Å².